The molecule has 0 aromatic heterocycles. The molecule has 1 aromatic rings. The summed E-state index contributed by atoms with van der Waals surface area (Å²) in [6.45, 7) is 8.95. The van der Waals surface area contributed by atoms with Gasteiger partial charge in [0.1, 0.15) is 5.82 Å². The van der Waals surface area contributed by atoms with E-state index in [1.54, 1.807) is 0 Å². The van der Waals surface area contributed by atoms with E-state index in [1.165, 1.54) is 6.92 Å². The Morgan fingerprint density at radius 2 is 1.97 bits per heavy atom. The van der Waals surface area contributed by atoms with Crippen LogP contribution in [0.25, 0.3) is 0 Å². The number of amidine groups is 1. The van der Waals surface area contributed by atoms with Gasteiger partial charge in [-0.25, -0.2) is 9.38 Å². The van der Waals surface area contributed by atoms with Gasteiger partial charge >= 0.3 is 6.18 Å². The zero-order chi connectivity index (χ0) is 25.7. The number of nitrogens with two attached hydrogens (primary N) is 1. The number of nitrogens with one attached hydrogen (secondary N) is 2. The molecular weight excluding hydrogens is 474 g/mol. The average molecular weight is 508 g/mol. The van der Waals surface area contributed by atoms with E-state index in [1.807, 2.05) is 14.0 Å². The summed E-state index contributed by atoms with van der Waals surface area (Å²) in [5, 5.41) is 6.11. The highest BCUT2D eigenvalue weighted by atomic mass is 35.5. The molecule has 0 amide bonds. The molecule has 0 aliphatic rings. The van der Waals surface area contributed by atoms with Crippen molar-refractivity contribution in [1.82, 2.24) is 10.6 Å². The molecular formula is C23H34ClF4N5O. The van der Waals surface area contributed by atoms with Gasteiger partial charge in [0.25, 0.3) is 0 Å². The van der Waals surface area contributed by atoms with Gasteiger partial charge in [-0.05, 0) is 58.5 Å². The van der Waals surface area contributed by atoms with Crippen molar-refractivity contribution < 1.29 is 22.3 Å². The predicted molar refractivity (Wildman–Crippen MR) is 131 cm³/mol. The average Bonchev–Trinajstić information content (AvgIpc) is 2.78. The molecule has 0 fully saturated rings. The summed E-state index contributed by atoms with van der Waals surface area (Å²) in [5.41, 5.74) is 5.22. The lowest BCUT2D eigenvalue weighted by molar-refractivity contribution is -0.140. The van der Waals surface area contributed by atoms with Crippen LogP contribution in [0.2, 0.25) is 0 Å². The third kappa shape index (κ3) is 9.23. The van der Waals surface area contributed by atoms with Crippen molar-refractivity contribution in [3.63, 3.8) is 0 Å². The lowest BCUT2D eigenvalue weighted by Gasteiger charge is -2.18. The van der Waals surface area contributed by atoms with Gasteiger partial charge in [-0.1, -0.05) is 6.92 Å². The van der Waals surface area contributed by atoms with Crippen LogP contribution >= 0.6 is 11.6 Å². The Morgan fingerprint density at radius 3 is 2.53 bits per heavy atom. The van der Waals surface area contributed by atoms with Crippen molar-refractivity contribution in [3.05, 3.63) is 40.3 Å². The van der Waals surface area contributed by atoms with Gasteiger partial charge in [0.15, 0.2) is 5.84 Å². The second kappa shape index (κ2) is 15.0. The molecule has 1 aromatic carbocycles. The third-order valence-corrected chi connectivity index (χ3v) is 5.21. The maximum absolute atomic E-state index is 14.7. The first-order chi connectivity index (χ1) is 16.1. The molecule has 0 spiro atoms. The summed E-state index contributed by atoms with van der Waals surface area (Å²) in [6.07, 6.45) is -2.09. The van der Waals surface area contributed by atoms with E-state index in [0.717, 1.165) is 31.1 Å². The third-order valence-electron chi connectivity index (χ3n) is 5.07. The largest absolute Gasteiger partial charge is 0.419 e. The summed E-state index contributed by atoms with van der Waals surface area (Å²) < 4.78 is 59.8. The number of nitrogens with zero attached hydrogens (tertiary/aromatic N) is 2. The van der Waals surface area contributed by atoms with E-state index >= 15 is 0 Å². The van der Waals surface area contributed by atoms with Crippen molar-refractivity contribution in [2.24, 2.45) is 9.98 Å². The fourth-order valence-corrected chi connectivity index (χ4v) is 3.52. The summed E-state index contributed by atoms with van der Waals surface area (Å²) in [7, 11) is 1.86. The number of allylic oxidation sites excluding steroid dienone is 1. The quantitative estimate of drug-likeness (QED) is 0.0595. The van der Waals surface area contributed by atoms with Gasteiger partial charge in [0.2, 0.25) is 0 Å². The Hall–Kier alpha value is -2.17. The number of unbranched alkanes of at least 4 members (excludes halogenated alkanes) is 1. The summed E-state index contributed by atoms with van der Waals surface area (Å²) >= 11 is 5.91. The van der Waals surface area contributed by atoms with Crippen LogP contribution < -0.4 is 16.4 Å². The lowest BCUT2D eigenvalue weighted by atomic mass is 10.0. The normalized spacial score (nSPS) is 14.1. The number of alkyl halides is 4. The SMILES string of the molecule is C=NC(=NC(C)c1cc(N)cc(C(F)(F)F)c1F)/C(CC)=C(/CCCCOCCNC)NCCl. The molecule has 11 heteroatoms. The second-order valence-electron chi connectivity index (χ2n) is 7.55. The highest BCUT2D eigenvalue weighted by molar-refractivity contribution is 6.17. The molecule has 0 saturated carbocycles. The van der Waals surface area contributed by atoms with E-state index in [9.17, 15) is 17.6 Å². The standard InChI is InChI=1S/C23H34ClF4N5O/c1-5-17(20(32-14-24)8-6-7-10-34-11-9-30-3)22(31-4)33-15(2)18-12-16(29)13-19(21(18)25)23(26,27)28/h12-13,15,30,32H,4-11,14,29H2,1-3H3/b20-17-,33-22?. The smallest absolute Gasteiger partial charge is 0.399 e. The van der Waals surface area contributed by atoms with Gasteiger partial charge in [0, 0.05) is 35.7 Å². The maximum Gasteiger partial charge on any atom is 0.419 e. The number of anilines is 1. The van der Waals surface area contributed by atoms with Gasteiger partial charge in [0.05, 0.1) is 24.2 Å². The molecule has 0 heterocycles. The Labute approximate surface area is 203 Å². The van der Waals surface area contributed by atoms with E-state index in [-0.39, 0.29) is 23.1 Å². The first-order valence-electron chi connectivity index (χ1n) is 11.1. The first-order valence-corrected chi connectivity index (χ1v) is 11.6. The molecule has 0 aliphatic heterocycles. The molecule has 0 saturated heterocycles. The highest BCUT2D eigenvalue weighted by Crippen LogP contribution is 2.36. The van der Waals surface area contributed by atoms with Gasteiger partial charge in [-0.3, -0.25) is 4.99 Å². The van der Waals surface area contributed by atoms with Crippen LogP contribution in [0.4, 0.5) is 23.2 Å². The summed E-state index contributed by atoms with van der Waals surface area (Å²) in [6, 6.07) is 0.894. The van der Waals surface area contributed by atoms with Crippen LogP contribution in [0.15, 0.2) is 33.4 Å². The number of benzene rings is 1. The van der Waals surface area contributed by atoms with E-state index in [4.69, 9.17) is 22.1 Å². The molecule has 192 valence electrons. The molecule has 0 bridgehead atoms. The van der Waals surface area contributed by atoms with E-state index in [0.29, 0.717) is 37.7 Å². The van der Waals surface area contributed by atoms with Crippen LogP contribution in [0.5, 0.6) is 0 Å². The van der Waals surface area contributed by atoms with Gasteiger partial charge < -0.3 is 21.1 Å². The molecule has 1 rings (SSSR count). The number of hydrogen-bond donors (Lipinski definition) is 3. The number of rotatable bonds is 14. The molecule has 34 heavy (non-hydrogen) atoms. The van der Waals surface area contributed by atoms with E-state index < -0.39 is 23.6 Å². The molecule has 1 atom stereocenters. The van der Waals surface area contributed by atoms with Crippen LogP contribution in [0.3, 0.4) is 0 Å². The molecule has 6 nitrogen and oxygen atoms in total. The Bertz CT molecular complexity index is 858. The van der Waals surface area contributed by atoms with E-state index in [2.05, 4.69) is 27.3 Å². The topological polar surface area (TPSA) is 84.0 Å². The highest BCUT2D eigenvalue weighted by Gasteiger charge is 2.36. The number of aliphatic imine (C=N–C) groups is 2. The number of nitrogen functional groups attached to an aromatic ring is 1. The lowest BCUT2D eigenvalue weighted by Crippen LogP contribution is -2.18. The number of likely N-dealkylation sites (N-methyl/N-ethyl adjacent to an activating group) is 1. The number of halogens is 5. The fraction of sp³-hybridized carbons (Fsp3) is 0.565. The monoisotopic (exact) mass is 507 g/mol. The second-order valence-corrected chi connectivity index (χ2v) is 7.82. The molecule has 0 aliphatic carbocycles. The Balaban J connectivity index is 3.19. The summed E-state index contributed by atoms with van der Waals surface area (Å²) in [5.74, 6) is -1.19. The molecule has 1 unspecified atom stereocenters. The Morgan fingerprint density at radius 1 is 1.26 bits per heavy atom. The van der Waals surface area contributed by atoms with Crippen molar-refractivity contribution in [3.8, 4) is 0 Å². The number of ether oxygens (including phenoxy) is 1. The zero-order valence-corrected chi connectivity index (χ0v) is 20.6. The van der Waals surface area contributed by atoms with Crippen LogP contribution in [0.1, 0.15) is 56.7 Å². The van der Waals surface area contributed by atoms with Crippen LogP contribution in [-0.2, 0) is 10.9 Å². The van der Waals surface area contributed by atoms with Crippen molar-refractivity contribution in [1.29, 1.82) is 0 Å². The number of hydrogen-bond acceptors (Lipinski definition) is 5. The van der Waals surface area contributed by atoms with Crippen molar-refractivity contribution >= 4 is 29.8 Å². The molecule has 0 radical (unpaired) electrons. The van der Waals surface area contributed by atoms with Crippen molar-refractivity contribution in [2.45, 2.75) is 51.7 Å². The first kappa shape index (κ1) is 29.9. The minimum absolute atomic E-state index is 0.149. The molecule has 4 N–H and O–H groups in total. The van der Waals surface area contributed by atoms with Crippen LogP contribution in [0, 0.1) is 5.82 Å². The van der Waals surface area contributed by atoms with Crippen LogP contribution in [-0.4, -0.2) is 45.4 Å². The van der Waals surface area contributed by atoms with Gasteiger partial charge in [-0.15, -0.1) is 11.6 Å². The predicted octanol–water partition coefficient (Wildman–Crippen LogP) is 5.44. The summed E-state index contributed by atoms with van der Waals surface area (Å²) in [4.78, 5) is 8.38. The maximum atomic E-state index is 14.7. The zero-order valence-electron chi connectivity index (χ0n) is 19.9. The minimum Gasteiger partial charge on any atom is -0.399 e. The van der Waals surface area contributed by atoms with Gasteiger partial charge in [-0.2, -0.15) is 13.2 Å². The Kier molecular flexibility index (Phi) is 13.1. The fourth-order valence-electron chi connectivity index (χ4n) is 3.36. The van der Waals surface area contributed by atoms with Crippen molar-refractivity contribution in [2.75, 3.05) is 38.5 Å². The minimum atomic E-state index is -4.88.